The van der Waals surface area contributed by atoms with Gasteiger partial charge in [-0.2, -0.15) is 0 Å². The maximum atomic E-state index is 13.8. The van der Waals surface area contributed by atoms with Crippen LogP contribution in [0.2, 0.25) is 0 Å². The summed E-state index contributed by atoms with van der Waals surface area (Å²) in [4.78, 5) is 0. The van der Waals surface area contributed by atoms with E-state index in [1.54, 1.807) is 18.2 Å². The first-order chi connectivity index (χ1) is 9.45. The van der Waals surface area contributed by atoms with Crippen LogP contribution in [0.15, 0.2) is 34.8 Å². The van der Waals surface area contributed by atoms with Gasteiger partial charge in [0.05, 0.1) is 6.04 Å². The van der Waals surface area contributed by atoms with E-state index >= 15 is 0 Å². The molecule has 2 aromatic rings. The van der Waals surface area contributed by atoms with Crippen LogP contribution in [0.3, 0.4) is 0 Å². The van der Waals surface area contributed by atoms with Crippen molar-refractivity contribution in [3.63, 3.8) is 0 Å². The molecule has 6 heteroatoms. The van der Waals surface area contributed by atoms with E-state index in [9.17, 15) is 13.2 Å². The fourth-order valence-electron chi connectivity index (χ4n) is 1.98. The molecule has 2 aromatic carbocycles. The minimum absolute atomic E-state index is 0.0480. The molecule has 0 fully saturated rings. The average Bonchev–Trinajstić information content (AvgIpc) is 2.43. The van der Waals surface area contributed by atoms with Crippen molar-refractivity contribution in [2.75, 3.05) is 0 Å². The van der Waals surface area contributed by atoms with E-state index in [-0.39, 0.29) is 5.56 Å². The maximum absolute atomic E-state index is 13.8. The van der Waals surface area contributed by atoms with Crippen LogP contribution in [0.4, 0.5) is 13.2 Å². The first kappa shape index (κ1) is 15.0. The highest BCUT2D eigenvalue weighted by Gasteiger charge is 2.21. The first-order valence-electron chi connectivity index (χ1n) is 5.81. The summed E-state index contributed by atoms with van der Waals surface area (Å²) >= 11 is 3.36. The van der Waals surface area contributed by atoms with Gasteiger partial charge >= 0.3 is 0 Å². The zero-order valence-corrected chi connectivity index (χ0v) is 12.1. The number of hydrazine groups is 1. The molecule has 0 bridgehead atoms. The van der Waals surface area contributed by atoms with E-state index in [0.29, 0.717) is 5.56 Å². The molecule has 0 saturated carbocycles. The second-order valence-electron chi connectivity index (χ2n) is 4.37. The Morgan fingerprint density at radius 1 is 1.10 bits per heavy atom. The number of nitrogens with one attached hydrogen (secondary N) is 1. The molecule has 0 amide bonds. The predicted octanol–water partition coefficient (Wildman–Crippen LogP) is 3.73. The quantitative estimate of drug-likeness (QED) is 0.505. The van der Waals surface area contributed by atoms with Gasteiger partial charge in [-0.05, 0) is 30.2 Å². The van der Waals surface area contributed by atoms with Crippen molar-refractivity contribution in [3.8, 4) is 0 Å². The Hall–Kier alpha value is -1.37. The molecule has 0 heterocycles. The van der Waals surface area contributed by atoms with Crippen LogP contribution in [-0.4, -0.2) is 0 Å². The van der Waals surface area contributed by atoms with Crippen molar-refractivity contribution in [3.05, 3.63) is 68.9 Å². The lowest BCUT2D eigenvalue weighted by atomic mass is 9.97. The summed E-state index contributed by atoms with van der Waals surface area (Å²) in [5, 5.41) is 0. The van der Waals surface area contributed by atoms with E-state index in [1.165, 1.54) is 6.07 Å². The van der Waals surface area contributed by atoms with Gasteiger partial charge in [0.15, 0.2) is 17.5 Å². The Kier molecular flexibility index (Phi) is 4.47. The van der Waals surface area contributed by atoms with Crippen LogP contribution in [0.1, 0.15) is 22.7 Å². The molecule has 0 spiro atoms. The second kappa shape index (κ2) is 5.95. The Bertz CT molecular complexity index is 647. The van der Waals surface area contributed by atoms with Gasteiger partial charge in [-0.1, -0.05) is 34.1 Å². The molecule has 2 rings (SSSR count). The summed E-state index contributed by atoms with van der Waals surface area (Å²) in [6, 6.07) is 6.58. The summed E-state index contributed by atoms with van der Waals surface area (Å²) in [6.45, 7) is 1.86. The second-order valence-corrected chi connectivity index (χ2v) is 5.23. The minimum atomic E-state index is -1.50. The van der Waals surface area contributed by atoms with Gasteiger partial charge in [0.1, 0.15) is 0 Å². The summed E-state index contributed by atoms with van der Waals surface area (Å²) in [5.74, 6) is 1.46. The zero-order valence-electron chi connectivity index (χ0n) is 10.6. The third kappa shape index (κ3) is 2.72. The van der Waals surface area contributed by atoms with Crippen LogP contribution in [0.5, 0.6) is 0 Å². The van der Waals surface area contributed by atoms with Crippen molar-refractivity contribution in [1.82, 2.24) is 5.43 Å². The normalized spacial score (nSPS) is 12.5. The number of halogens is 4. The lowest BCUT2D eigenvalue weighted by molar-refractivity contribution is 0.433. The summed E-state index contributed by atoms with van der Waals surface area (Å²) in [6.07, 6.45) is 0. The average molecular weight is 345 g/mol. The summed E-state index contributed by atoms with van der Waals surface area (Å²) in [5.41, 5.74) is 3.95. The highest BCUT2D eigenvalue weighted by molar-refractivity contribution is 9.10. The highest BCUT2D eigenvalue weighted by atomic mass is 79.9. The van der Waals surface area contributed by atoms with Crippen molar-refractivity contribution >= 4 is 15.9 Å². The Morgan fingerprint density at radius 2 is 1.80 bits per heavy atom. The lowest BCUT2D eigenvalue weighted by Gasteiger charge is -2.18. The summed E-state index contributed by atoms with van der Waals surface area (Å²) < 4.78 is 41.0. The predicted molar refractivity (Wildman–Crippen MR) is 74.4 cm³/mol. The van der Waals surface area contributed by atoms with Crippen molar-refractivity contribution in [2.24, 2.45) is 5.84 Å². The molecule has 0 aliphatic rings. The Labute approximate surface area is 122 Å². The molecule has 20 heavy (non-hydrogen) atoms. The van der Waals surface area contributed by atoms with Gasteiger partial charge < -0.3 is 0 Å². The number of hydrogen-bond donors (Lipinski definition) is 2. The zero-order chi connectivity index (χ0) is 14.9. The lowest BCUT2D eigenvalue weighted by Crippen LogP contribution is -2.30. The van der Waals surface area contributed by atoms with Gasteiger partial charge in [-0.3, -0.25) is 5.84 Å². The monoisotopic (exact) mass is 344 g/mol. The van der Waals surface area contributed by atoms with E-state index < -0.39 is 23.5 Å². The maximum Gasteiger partial charge on any atom is 0.194 e. The van der Waals surface area contributed by atoms with Gasteiger partial charge in [-0.15, -0.1) is 0 Å². The molecule has 0 aromatic heterocycles. The van der Waals surface area contributed by atoms with Crippen LogP contribution < -0.4 is 11.3 Å². The SMILES string of the molecule is Cc1cc(C(NN)c2ccc(F)c(F)c2F)ccc1Br. The number of benzene rings is 2. The fraction of sp³-hybridized carbons (Fsp3) is 0.143. The molecule has 3 N–H and O–H groups in total. The van der Waals surface area contributed by atoms with E-state index in [4.69, 9.17) is 5.84 Å². The van der Waals surface area contributed by atoms with Gasteiger partial charge in [0, 0.05) is 10.0 Å². The molecule has 1 atom stereocenters. The fourth-order valence-corrected chi connectivity index (χ4v) is 2.22. The van der Waals surface area contributed by atoms with Crippen LogP contribution >= 0.6 is 15.9 Å². The van der Waals surface area contributed by atoms with Crippen LogP contribution in [0.25, 0.3) is 0 Å². The molecule has 0 aliphatic heterocycles. The molecular weight excluding hydrogens is 333 g/mol. The molecule has 0 radical (unpaired) electrons. The van der Waals surface area contributed by atoms with Crippen LogP contribution in [0, 0.1) is 24.4 Å². The Balaban J connectivity index is 2.52. The molecule has 1 unspecified atom stereocenters. The molecule has 0 aliphatic carbocycles. The molecular formula is C14H12BrF3N2. The smallest absolute Gasteiger partial charge is 0.194 e. The standard InChI is InChI=1S/C14H12BrF3N2/c1-7-6-8(2-4-10(7)15)14(20-19)9-3-5-11(16)13(18)12(9)17/h2-6,14,20H,19H2,1H3. The topological polar surface area (TPSA) is 38.0 Å². The Morgan fingerprint density at radius 3 is 2.40 bits per heavy atom. The molecule has 2 nitrogen and oxygen atoms in total. The molecule has 106 valence electrons. The largest absolute Gasteiger partial charge is 0.271 e. The van der Waals surface area contributed by atoms with E-state index in [2.05, 4.69) is 21.4 Å². The van der Waals surface area contributed by atoms with Gasteiger partial charge in [0.2, 0.25) is 0 Å². The molecule has 0 saturated heterocycles. The van der Waals surface area contributed by atoms with Crippen molar-refractivity contribution in [1.29, 1.82) is 0 Å². The highest BCUT2D eigenvalue weighted by Crippen LogP contribution is 2.28. The number of aryl methyl sites for hydroxylation is 1. The summed E-state index contributed by atoms with van der Waals surface area (Å²) in [7, 11) is 0. The third-order valence-electron chi connectivity index (χ3n) is 3.06. The van der Waals surface area contributed by atoms with E-state index in [1.807, 2.05) is 6.92 Å². The van der Waals surface area contributed by atoms with Gasteiger partial charge in [0.25, 0.3) is 0 Å². The number of hydrogen-bond acceptors (Lipinski definition) is 2. The van der Waals surface area contributed by atoms with Crippen LogP contribution in [-0.2, 0) is 0 Å². The minimum Gasteiger partial charge on any atom is -0.271 e. The van der Waals surface area contributed by atoms with Crippen molar-refractivity contribution < 1.29 is 13.2 Å². The first-order valence-corrected chi connectivity index (χ1v) is 6.60. The number of nitrogens with two attached hydrogens (primary N) is 1. The van der Waals surface area contributed by atoms with Crippen molar-refractivity contribution in [2.45, 2.75) is 13.0 Å². The number of rotatable bonds is 3. The van der Waals surface area contributed by atoms with E-state index in [0.717, 1.165) is 16.1 Å². The third-order valence-corrected chi connectivity index (χ3v) is 3.95. The van der Waals surface area contributed by atoms with Gasteiger partial charge in [-0.25, -0.2) is 18.6 Å².